The lowest BCUT2D eigenvalue weighted by Crippen LogP contribution is -2.12. The highest BCUT2D eigenvalue weighted by atomic mass is 16.5. The summed E-state index contributed by atoms with van der Waals surface area (Å²) in [6, 6.07) is 15.2. The molecule has 0 spiro atoms. The van der Waals surface area contributed by atoms with E-state index in [2.05, 4.69) is 15.4 Å². The number of ether oxygens (including phenoxy) is 1. The van der Waals surface area contributed by atoms with Crippen molar-refractivity contribution in [1.29, 1.82) is 0 Å². The van der Waals surface area contributed by atoms with Crippen LogP contribution < -0.4 is 5.32 Å². The molecular formula is C20H22N4O2. The van der Waals surface area contributed by atoms with E-state index in [4.69, 9.17) is 4.74 Å². The van der Waals surface area contributed by atoms with E-state index in [1.54, 1.807) is 11.0 Å². The molecule has 0 aliphatic heterocycles. The lowest BCUT2D eigenvalue weighted by atomic mass is 10.1. The van der Waals surface area contributed by atoms with Crippen LogP contribution in [0.3, 0.4) is 0 Å². The van der Waals surface area contributed by atoms with Crippen molar-refractivity contribution in [3.8, 4) is 0 Å². The zero-order valence-corrected chi connectivity index (χ0v) is 14.9. The summed E-state index contributed by atoms with van der Waals surface area (Å²) in [5.41, 5.74) is 3.45. The van der Waals surface area contributed by atoms with Crippen LogP contribution in [0.15, 0.2) is 61.2 Å². The second-order valence-electron chi connectivity index (χ2n) is 6.30. The molecule has 1 heterocycles. The number of rotatable bonds is 7. The van der Waals surface area contributed by atoms with Gasteiger partial charge in [-0.1, -0.05) is 24.3 Å². The smallest absolute Gasteiger partial charge is 0.255 e. The summed E-state index contributed by atoms with van der Waals surface area (Å²) < 4.78 is 7.34. The highest BCUT2D eigenvalue weighted by Gasteiger charge is 2.07. The monoisotopic (exact) mass is 350 g/mol. The van der Waals surface area contributed by atoms with Gasteiger partial charge in [0.05, 0.1) is 19.3 Å². The van der Waals surface area contributed by atoms with Crippen LogP contribution >= 0.6 is 0 Å². The Morgan fingerprint density at radius 2 is 1.96 bits per heavy atom. The van der Waals surface area contributed by atoms with Crippen molar-refractivity contribution in [2.24, 2.45) is 0 Å². The molecular weight excluding hydrogens is 328 g/mol. The average molecular weight is 350 g/mol. The molecule has 0 unspecified atom stereocenters. The topological polar surface area (TPSA) is 69.0 Å². The summed E-state index contributed by atoms with van der Waals surface area (Å²) >= 11 is 0. The number of hydrogen-bond donors (Lipinski definition) is 1. The van der Waals surface area contributed by atoms with Gasteiger partial charge in [-0.3, -0.25) is 4.79 Å². The Kier molecular flexibility index (Phi) is 5.76. The van der Waals surface area contributed by atoms with Gasteiger partial charge >= 0.3 is 0 Å². The molecule has 1 aromatic heterocycles. The van der Waals surface area contributed by atoms with Crippen molar-refractivity contribution in [1.82, 2.24) is 14.8 Å². The van der Waals surface area contributed by atoms with Crippen LogP contribution in [-0.4, -0.2) is 26.8 Å². The Morgan fingerprint density at radius 1 is 1.15 bits per heavy atom. The first-order valence-electron chi connectivity index (χ1n) is 8.53. The Bertz CT molecular complexity index is 843. The average Bonchev–Trinajstić information content (AvgIpc) is 3.14. The van der Waals surface area contributed by atoms with Crippen LogP contribution in [0.2, 0.25) is 0 Å². The third kappa shape index (κ3) is 5.00. The van der Waals surface area contributed by atoms with E-state index in [1.165, 1.54) is 6.33 Å². The van der Waals surface area contributed by atoms with Crippen molar-refractivity contribution < 1.29 is 9.53 Å². The van der Waals surface area contributed by atoms with Crippen molar-refractivity contribution in [2.45, 2.75) is 33.1 Å². The molecule has 0 aliphatic carbocycles. The van der Waals surface area contributed by atoms with Crippen LogP contribution in [0, 0.1) is 0 Å². The Hall–Kier alpha value is -2.99. The van der Waals surface area contributed by atoms with E-state index in [1.807, 2.05) is 62.4 Å². The maximum atomic E-state index is 12.4. The van der Waals surface area contributed by atoms with E-state index in [-0.39, 0.29) is 12.0 Å². The predicted molar refractivity (Wildman–Crippen MR) is 99.9 cm³/mol. The molecule has 3 aromatic rings. The summed E-state index contributed by atoms with van der Waals surface area (Å²) in [5, 5.41) is 7.00. The van der Waals surface area contributed by atoms with Crippen LogP contribution in [-0.2, 0) is 17.9 Å². The number of carbonyl (C=O) groups excluding carboxylic acids is 1. The quantitative estimate of drug-likeness (QED) is 0.708. The fourth-order valence-electron chi connectivity index (χ4n) is 2.47. The van der Waals surface area contributed by atoms with Crippen LogP contribution in [0.4, 0.5) is 5.69 Å². The van der Waals surface area contributed by atoms with Gasteiger partial charge < -0.3 is 10.1 Å². The molecule has 134 valence electrons. The minimum Gasteiger partial charge on any atom is -0.374 e. The maximum Gasteiger partial charge on any atom is 0.255 e. The first kappa shape index (κ1) is 17.8. The lowest BCUT2D eigenvalue weighted by Gasteiger charge is -2.10. The number of nitrogens with zero attached hydrogens (tertiary/aromatic N) is 3. The summed E-state index contributed by atoms with van der Waals surface area (Å²) in [7, 11) is 0. The van der Waals surface area contributed by atoms with Crippen molar-refractivity contribution in [2.75, 3.05) is 5.32 Å². The number of amides is 1. The third-order valence-corrected chi connectivity index (χ3v) is 3.80. The Morgan fingerprint density at radius 3 is 2.65 bits per heavy atom. The first-order valence-corrected chi connectivity index (χ1v) is 8.53. The molecule has 2 aromatic carbocycles. The maximum absolute atomic E-state index is 12.4. The van der Waals surface area contributed by atoms with Gasteiger partial charge in [-0.25, -0.2) is 9.67 Å². The normalized spacial score (nSPS) is 10.9. The van der Waals surface area contributed by atoms with E-state index >= 15 is 0 Å². The molecule has 0 bridgehead atoms. The summed E-state index contributed by atoms with van der Waals surface area (Å²) in [6.45, 7) is 5.15. The minimum atomic E-state index is -0.140. The highest BCUT2D eigenvalue weighted by molar-refractivity contribution is 6.04. The van der Waals surface area contributed by atoms with Crippen LogP contribution in [0.25, 0.3) is 0 Å². The van der Waals surface area contributed by atoms with E-state index < -0.39 is 0 Å². The molecule has 1 N–H and O–H groups in total. The van der Waals surface area contributed by atoms with Crippen LogP contribution in [0.5, 0.6) is 0 Å². The number of hydrogen-bond acceptors (Lipinski definition) is 4. The van der Waals surface area contributed by atoms with Gasteiger partial charge in [0.2, 0.25) is 0 Å². The highest BCUT2D eigenvalue weighted by Crippen LogP contribution is 2.14. The zero-order chi connectivity index (χ0) is 18.4. The molecule has 1 amide bonds. The molecule has 26 heavy (non-hydrogen) atoms. The molecule has 0 atom stereocenters. The van der Waals surface area contributed by atoms with E-state index in [0.717, 1.165) is 16.8 Å². The van der Waals surface area contributed by atoms with Gasteiger partial charge in [0.15, 0.2) is 0 Å². The molecule has 0 aliphatic rings. The fourth-order valence-corrected chi connectivity index (χ4v) is 2.47. The molecule has 0 saturated heterocycles. The van der Waals surface area contributed by atoms with Crippen LogP contribution in [0.1, 0.15) is 35.3 Å². The zero-order valence-electron chi connectivity index (χ0n) is 14.9. The predicted octanol–water partition coefficient (Wildman–Crippen LogP) is 3.50. The van der Waals surface area contributed by atoms with Gasteiger partial charge in [0.1, 0.15) is 12.7 Å². The number of benzene rings is 2. The van der Waals surface area contributed by atoms with Gasteiger partial charge in [0, 0.05) is 11.3 Å². The SMILES string of the molecule is CC(C)OCc1cccc(NC(=O)c2ccc(Cn3cncn3)cc2)c1. The minimum absolute atomic E-state index is 0.140. The molecule has 0 saturated carbocycles. The van der Waals surface area contributed by atoms with Gasteiger partial charge in [0.25, 0.3) is 5.91 Å². The summed E-state index contributed by atoms with van der Waals surface area (Å²) in [6.07, 6.45) is 3.34. The molecule has 3 rings (SSSR count). The largest absolute Gasteiger partial charge is 0.374 e. The Labute approximate surface area is 152 Å². The van der Waals surface area contributed by atoms with Gasteiger partial charge in [-0.15, -0.1) is 0 Å². The molecule has 0 radical (unpaired) electrons. The number of anilines is 1. The van der Waals surface area contributed by atoms with Crippen molar-refractivity contribution in [3.05, 3.63) is 77.9 Å². The van der Waals surface area contributed by atoms with Gasteiger partial charge in [-0.2, -0.15) is 5.10 Å². The molecule has 6 heteroatoms. The van der Waals surface area contributed by atoms with E-state index in [0.29, 0.717) is 18.7 Å². The Balaban J connectivity index is 1.61. The second kappa shape index (κ2) is 8.40. The first-order chi connectivity index (χ1) is 12.6. The number of carbonyl (C=O) groups is 1. The third-order valence-electron chi connectivity index (χ3n) is 3.80. The summed E-state index contributed by atoms with van der Waals surface area (Å²) in [4.78, 5) is 16.4. The number of aromatic nitrogens is 3. The molecule has 6 nitrogen and oxygen atoms in total. The fraction of sp³-hybridized carbons (Fsp3) is 0.250. The number of nitrogens with one attached hydrogen (secondary N) is 1. The summed E-state index contributed by atoms with van der Waals surface area (Å²) in [5.74, 6) is -0.140. The molecule has 0 fully saturated rings. The van der Waals surface area contributed by atoms with Crippen molar-refractivity contribution in [3.63, 3.8) is 0 Å². The van der Waals surface area contributed by atoms with Crippen molar-refractivity contribution >= 4 is 11.6 Å². The van der Waals surface area contributed by atoms with Gasteiger partial charge in [-0.05, 0) is 49.2 Å². The van der Waals surface area contributed by atoms with E-state index in [9.17, 15) is 4.79 Å². The lowest BCUT2D eigenvalue weighted by molar-refractivity contribution is 0.0657. The second-order valence-corrected chi connectivity index (χ2v) is 6.30. The standard InChI is InChI=1S/C20H22N4O2/c1-15(2)26-12-17-4-3-5-19(10-17)23-20(25)18-8-6-16(7-9-18)11-24-14-21-13-22-24/h3-10,13-15H,11-12H2,1-2H3,(H,23,25).